The van der Waals surface area contributed by atoms with Gasteiger partial charge in [0.15, 0.2) is 0 Å². The standard InChI is InChI=1S/C9H18N4O/c1-7(14)9(2,3)10-5-8-6-13(4)12-11-8/h6-7,10,14H,5H2,1-4H3. The highest BCUT2D eigenvalue weighted by Crippen LogP contribution is 2.08. The Bertz CT molecular complexity index is 293. The van der Waals surface area contributed by atoms with Crippen molar-refractivity contribution in [1.82, 2.24) is 20.3 Å². The van der Waals surface area contributed by atoms with Crippen LogP contribution in [0, 0.1) is 0 Å². The number of hydrogen-bond donors (Lipinski definition) is 2. The van der Waals surface area contributed by atoms with Gasteiger partial charge in [0.05, 0.1) is 11.8 Å². The average molecular weight is 198 g/mol. The van der Waals surface area contributed by atoms with Crippen LogP contribution in [0.25, 0.3) is 0 Å². The fourth-order valence-electron chi connectivity index (χ4n) is 0.942. The normalized spacial score (nSPS) is 14.4. The first-order chi connectivity index (χ1) is 6.42. The van der Waals surface area contributed by atoms with Crippen molar-refractivity contribution in [3.63, 3.8) is 0 Å². The number of aromatic nitrogens is 3. The Kier molecular flexibility index (Phi) is 3.23. The Labute approximate surface area is 84.1 Å². The molecule has 0 aliphatic heterocycles. The predicted molar refractivity (Wildman–Crippen MR) is 53.6 cm³/mol. The molecule has 5 nitrogen and oxygen atoms in total. The SMILES string of the molecule is CC(O)C(C)(C)NCc1cn(C)nn1. The smallest absolute Gasteiger partial charge is 0.0964 e. The lowest BCUT2D eigenvalue weighted by atomic mass is 9.99. The molecule has 1 rings (SSSR count). The maximum Gasteiger partial charge on any atom is 0.0964 e. The first-order valence-electron chi connectivity index (χ1n) is 4.70. The van der Waals surface area contributed by atoms with Crippen LogP contribution in [-0.4, -0.2) is 31.7 Å². The van der Waals surface area contributed by atoms with Crippen molar-refractivity contribution in [2.75, 3.05) is 0 Å². The van der Waals surface area contributed by atoms with Crippen molar-refractivity contribution < 1.29 is 5.11 Å². The van der Waals surface area contributed by atoms with Crippen LogP contribution >= 0.6 is 0 Å². The number of aliphatic hydroxyl groups excluding tert-OH is 1. The van der Waals surface area contributed by atoms with Crippen LogP contribution < -0.4 is 5.32 Å². The summed E-state index contributed by atoms with van der Waals surface area (Å²) in [5, 5.41) is 20.5. The van der Waals surface area contributed by atoms with Crippen LogP contribution in [-0.2, 0) is 13.6 Å². The molecule has 1 heterocycles. The van der Waals surface area contributed by atoms with Gasteiger partial charge in [-0.2, -0.15) is 0 Å². The molecule has 0 aliphatic rings. The highest BCUT2D eigenvalue weighted by Gasteiger charge is 2.23. The molecule has 0 aliphatic carbocycles. The Balaban J connectivity index is 2.48. The van der Waals surface area contributed by atoms with Gasteiger partial charge in [-0.3, -0.25) is 4.68 Å². The monoisotopic (exact) mass is 198 g/mol. The molecule has 80 valence electrons. The summed E-state index contributed by atoms with van der Waals surface area (Å²) in [5.74, 6) is 0. The zero-order valence-corrected chi connectivity index (χ0v) is 9.15. The van der Waals surface area contributed by atoms with Gasteiger partial charge >= 0.3 is 0 Å². The van der Waals surface area contributed by atoms with Gasteiger partial charge in [-0.1, -0.05) is 5.21 Å². The lowest BCUT2D eigenvalue weighted by molar-refractivity contribution is 0.0954. The number of aryl methyl sites for hydroxylation is 1. The van der Waals surface area contributed by atoms with E-state index >= 15 is 0 Å². The number of nitrogens with one attached hydrogen (secondary N) is 1. The minimum Gasteiger partial charge on any atom is -0.392 e. The Morgan fingerprint density at radius 1 is 1.64 bits per heavy atom. The summed E-state index contributed by atoms with van der Waals surface area (Å²) in [4.78, 5) is 0. The van der Waals surface area contributed by atoms with Crippen LogP contribution in [0.15, 0.2) is 6.20 Å². The minimum absolute atomic E-state index is 0.308. The summed E-state index contributed by atoms with van der Waals surface area (Å²) in [6.45, 7) is 6.29. The quantitative estimate of drug-likeness (QED) is 0.718. The molecular formula is C9H18N4O. The van der Waals surface area contributed by atoms with E-state index in [1.165, 1.54) is 0 Å². The van der Waals surface area contributed by atoms with Gasteiger partial charge in [0.2, 0.25) is 0 Å². The highest BCUT2D eigenvalue weighted by atomic mass is 16.3. The zero-order valence-electron chi connectivity index (χ0n) is 9.15. The maximum absolute atomic E-state index is 9.46. The third-order valence-corrected chi connectivity index (χ3v) is 2.42. The fourth-order valence-corrected chi connectivity index (χ4v) is 0.942. The van der Waals surface area contributed by atoms with Gasteiger partial charge in [-0.15, -0.1) is 5.10 Å². The van der Waals surface area contributed by atoms with Crippen molar-refractivity contribution in [2.45, 2.75) is 39.0 Å². The molecular weight excluding hydrogens is 180 g/mol. The van der Waals surface area contributed by atoms with Gasteiger partial charge in [0, 0.05) is 25.3 Å². The van der Waals surface area contributed by atoms with Crippen molar-refractivity contribution in [1.29, 1.82) is 0 Å². The second-order valence-corrected chi connectivity index (χ2v) is 4.13. The first-order valence-corrected chi connectivity index (χ1v) is 4.70. The molecule has 2 N–H and O–H groups in total. The Hall–Kier alpha value is -0.940. The molecule has 0 aromatic carbocycles. The molecule has 1 aromatic heterocycles. The molecule has 1 unspecified atom stereocenters. The van der Waals surface area contributed by atoms with E-state index in [2.05, 4.69) is 15.6 Å². The Morgan fingerprint density at radius 3 is 2.71 bits per heavy atom. The molecule has 1 atom stereocenters. The number of rotatable bonds is 4. The first kappa shape index (κ1) is 11.1. The zero-order chi connectivity index (χ0) is 10.8. The summed E-state index contributed by atoms with van der Waals surface area (Å²) < 4.78 is 1.66. The number of nitrogens with zero attached hydrogens (tertiary/aromatic N) is 3. The van der Waals surface area contributed by atoms with Crippen molar-refractivity contribution in [2.24, 2.45) is 7.05 Å². The number of aliphatic hydroxyl groups is 1. The molecule has 0 spiro atoms. The van der Waals surface area contributed by atoms with Gasteiger partial charge in [0.25, 0.3) is 0 Å². The lowest BCUT2D eigenvalue weighted by Crippen LogP contribution is -2.47. The highest BCUT2D eigenvalue weighted by molar-refractivity contribution is 4.94. The van der Waals surface area contributed by atoms with E-state index < -0.39 is 6.10 Å². The Morgan fingerprint density at radius 2 is 2.29 bits per heavy atom. The fraction of sp³-hybridized carbons (Fsp3) is 0.778. The molecule has 0 saturated carbocycles. The van der Waals surface area contributed by atoms with Crippen molar-refractivity contribution in [3.8, 4) is 0 Å². The largest absolute Gasteiger partial charge is 0.392 e. The van der Waals surface area contributed by atoms with Crippen LogP contribution in [0.4, 0.5) is 0 Å². The van der Waals surface area contributed by atoms with Gasteiger partial charge < -0.3 is 10.4 Å². The average Bonchev–Trinajstić information content (AvgIpc) is 2.48. The van der Waals surface area contributed by atoms with Crippen LogP contribution in [0.1, 0.15) is 26.5 Å². The van der Waals surface area contributed by atoms with Crippen molar-refractivity contribution >= 4 is 0 Å². The van der Waals surface area contributed by atoms with E-state index in [1.54, 1.807) is 11.6 Å². The minimum atomic E-state index is -0.404. The van der Waals surface area contributed by atoms with E-state index in [-0.39, 0.29) is 5.54 Å². The molecule has 0 bridgehead atoms. The van der Waals surface area contributed by atoms with Gasteiger partial charge in [-0.05, 0) is 20.8 Å². The van der Waals surface area contributed by atoms with Crippen LogP contribution in [0.5, 0.6) is 0 Å². The van der Waals surface area contributed by atoms with E-state index in [0.717, 1.165) is 5.69 Å². The molecule has 0 fully saturated rings. The van der Waals surface area contributed by atoms with E-state index in [0.29, 0.717) is 6.54 Å². The molecule has 0 amide bonds. The summed E-state index contributed by atoms with van der Waals surface area (Å²) in [6, 6.07) is 0. The third-order valence-electron chi connectivity index (χ3n) is 2.42. The van der Waals surface area contributed by atoms with E-state index in [4.69, 9.17) is 0 Å². The summed E-state index contributed by atoms with van der Waals surface area (Å²) in [7, 11) is 1.83. The summed E-state index contributed by atoms with van der Waals surface area (Å²) >= 11 is 0. The van der Waals surface area contributed by atoms with Crippen LogP contribution in [0.3, 0.4) is 0 Å². The molecule has 0 radical (unpaired) electrons. The van der Waals surface area contributed by atoms with E-state index in [9.17, 15) is 5.11 Å². The van der Waals surface area contributed by atoms with Gasteiger partial charge in [0.1, 0.15) is 0 Å². The number of hydrogen-bond acceptors (Lipinski definition) is 4. The third kappa shape index (κ3) is 2.78. The lowest BCUT2D eigenvalue weighted by Gasteiger charge is -2.29. The summed E-state index contributed by atoms with van der Waals surface area (Å²) in [6.07, 6.45) is 1.45. The molecule has 14 heavy (non-hydrogen) atoms. The second-order valence-electron chi connectivity index (χ2n) is 4.13. The van der Waals surface area contributed by atoms with E-state index in [1.807, 2.05) is 27.1 Å². The molecule has 0 saturated heterocycles. The summed E-state index contributed by atoms with van der Waals surface area (Å²) in [5.41, 5.74) is 0.568. The van der Waals surface area contributed by atoms with Crippen LogP contribution in [0.2, 0.25) is 0 Å². The molecule has 1 aromatic rings. The molecule has 5 heteroatoms. The predicted octanol–water partition coefficient (Wildman–Crippen LogP) is 0.0641. The second kappa shape index (κ2) is 4.06. The topological polar surface area (TPSA) is 63.0 Å². The van der Waals surface area contributed by atoms with Gasteiger partial charge in [-0.25, -0.2) is 0 Å². The maximum atomic E-state index is 9.46. The van der Waals surface area contributed by atoms with Crippen molar-refractivity contribution in [3.05, 3.63) is 11.9 Å².